The molecule has 0 bridgehead atoms. The van der Waals surface area contributed by atoms with E-state index in [1.54, 1.807) is 13.8 Å². The van der Waals surface area contributed by atoms with Gasteiger partial charge in [-0.3, -0.25) is 0 Å². The summed E-state index contributed by atoms with van der Waals surface area (Å²) in [6.45, 7) is 7.59. The van der Waals surface area contributed by atoms with E-state index in [4.69, 9.17) is 4.74 Å². The number of benzene rings is 1. The van der Waals surface area contributed by atoms with Crippen molar-refractivity contribution in [3.05, 3.63) is 29.8 Å². The molecule has 0 saturated heterocycles. The Balaban J connectivity index is 2.37. The van der Waals surface area contributed by atoms with Gasteiger partial charge in [-0.1, -0.05) is 12.1 Å². The van der Waals surface area contributed by atoms with Gasteiger partial charge >= 0.3 is 0 Å². The van der Waals surface area contributed by atoms with Crippen LogP contribution in [0.1, 0.15) is 26.3 Å². The van der Waals surface area contributed by atoms with E-state index in [1.807, 2.05) is 31.2 Å². The van der Waals surface area contributed by atoms with Gasteiger partial charge in [0.1, 0.15) is 5.75 Å². The highest BCUT2D eigenvalue weighted by atomic mass is 16.5. The van der Waals surface area contributed by atoms with Crippen molar-refractivity contribution in [1.82, 2.24) is 5.32 Å². The minimum absolute atomic E-state index is 0.584. The molecule has 16 heavy (non-hydrogen) atoms. The van der Waals surface area contributed by atoms with Crippen LogP contribution in [0, 0.1) is 0 Å². The van der Waals surface area contributed by atoms with Crippen molar-refractivity contribution in [2.45, 2.75) is 32.9 Å². The number of nitrogens with one attached hydrogen (secondary N) is 1. The van der Waals surface area contributed by atoms with Crippen LogP contribution in [0.15, 0.2) is 24.3 Å². The molecule has 0 aliphatic heterocycles. The molecule has 1 aromatic rings. The summed E-state index contributed by atoms with van der Waals surface area (Å²) in [5.41, 5.74) is 0.526. The van der Waals surface area contributed by atoms with E-state index >= 15 is 0 Å². The van der Waals surface area contributed by atoms with Crippen molar-refractivity contribution < 1.29 is 9.84 Å². The molecule has 90 valence electrons. The highest BCUT2D eigenvalue weighted by molar-refractivity contribution is 5.27. The Hall–Kier alpha value is -1.06. The maximum Gasteiger partial charge on any atom is 0.119 e. The van der Waals surface area contributed by atoms with Crippen molar-refractivity contribution in [1.29, 1.82) is 0 Å². The monoisotopic (exact) mass is 223 g/mol. The first-order valence-electron chi connectivity index (χ1n) is 5.66. The largest absolute Gasteiger partial charge is 0.494 e. The van der Waals surface area contributed by atoms with Crippen molar-refractivity contribution in [2.24, 2.45) is 0 Å². The van der Waals surface area contributed by atoms with Crippen LogP contribution in [0.2, 0.25) is 0 Å². The summed E-state index contributed by atoms with van der Waals surface area (Å²) in [5, 5.41) is 12.7. The standard InChI is InChI=1S/C13H21NO2/c1-4-16-12-7-5-11(6-8-12)9-14-10-13(2,3)15/h5-8,14-15H,4,9-10H2,1-3H3. The first-order chi connectivity index (χ1) is 7.51. The molecule has 0 fully saturated rings. The highest BCUT2D eigenvalue weighted by Crippen LogP contribution is 2.11. The molecule has 0 aliphatic carbocycles. The fourth-order valence-electron chi connectivity index (χ4n) is 1.38. The predicted octanol–water partition coefficient (Wildman–Crippen LogP) is 1.95. The average molecular weight is 223 g/mol. The minimum Gasteiger partial charge on any atom is -0.494 e. The molecule has 0 atom stereocenters. The normalized spacial score (nSPS) is 11.5. The molecule has 3 nitrogen and oxygen atoms in total. The second-order valence-electron chi connectivity index (χ2n) is 4.49. The number of hydrogen-bond acceptors (Lipinski definition) is 3. The van der Waals surface area contributed by atoms with Crippen LogP contribution in [-0.4, -0.2) is 23.9 Å². The molecule has 0 amide bonds. The lowest BCUT2D eigenvalue weighted by molar-refractivity contribution is 0.0795. The van der Waals surface area contributed by atoms with Crippen molar-refractivity contribution in [3.8, 4) is 5.75 Å². The third-order valence-electron chi connectivity index (χ3n) is 2.12. The first kappa shape index (κ1) is 13.0. The molecule has 0 radical (unpaired) electrons. The molecule has 0 aromatic heterocycles. The van der Waals surface area contributed by atoms with Gasteiger partial charge in [0, 0.05) is 13.1 Å². The second kappa shape index (κ2) is 5.87. The summed E-state index contributed by atoms with van der Waals surface area (Å²) < 4.78 is 5.36. The maximum absolute atomic E-state index is 9.53. The van der Waals surface area contributed by atoms with E-state index in [2.05, 4.69) is 5.32 Å². The topological polar surface area (TPSA) is 41.5 Å². The van der Waals surface area contributed by atoms with Crippen LogP contribution in [0.5, 0.6) is 5.75 Å². The van der Waals surface area contributed by atoms with Crippen molar-refractivity contribution in [2.75, 3.05) is 13.2 Å². The van der Waals surface area contributed by atoms with Crippen molar-refractivity contribution in [3.63, 3.8) is 0 Å². The lowest BCUT2D eigenvalue weighted by atomic mass is 10.1. The van der Waals surface area contributed by atoms with E-state index in [0.29, 0.717) is 13.2 Å². The Morgan fingerprint density at radius 2 is 1.88 bits per heavy atom. The summed E-state index contributed by atoms with van der Waals surface area (Å²) in [4.78, 5) is 0. The molecule has 0 aliphatic rings. The lowest BCUT2D eigenvalue weighted by Gasteiger charge is -2.17. The van der Waals surface area contributed by atoms with Gasteiger partial charge in [-0.2, -0.15) is 0 Å². The van der Waals surface area contributed by atoms with E-state index < -0.39 is 5.60 Å². The molecule has 0 spiro atoms. The van der Waals surface area contributed by atoms with Crippen LogP contribution < -0.4 is 10.1 Å². The molecule has 3 heteroatoms. The lowest BCUT2D eigenvalue weighted by Crippen LogP contribution is -2.34. The van der Waals surface area contributed by atoms with Crippen LogP contribution in [0.25, 0.3) is 0 Å². The van der Waals surface area contributed by atoms with E-state index in [-0.39, 0.29) is 0 Å². The molecule has 2 N–H and O–H groups in total. The molecule has 1 aromatic carbocycles. The predicted molar refractivity (Wildman–Crippen MR) is 65.6 cm³/mol. The second-order valence-corrected chi connectivity index (χ2v) is 4.49. The molecular formula is C13H21NO2. The Morgan fingerprint density at radius 3 is 2.38 bits per heavy atom. The average Bonchev–Trinajstić information content (AvgIpc) is 2.19. The fourth-order valence-corrected chi connectivity index (χ4v) is 1.38. The van der Waals surface area contributed by atoms with Gasteiger partial charge in [-0.25, -0.2) is 0 Å². The quantitative estimate of drug-likeness (QED) is 0.774. The SMILES string of the molecule is CCOc1ccc(CNCC(C)(C)O)cc1. The van der Waals surface area contributed by atoms with Crippen LogP contribution >= 0.6 is 0 Å². The van der Waals surface area contributed by atoms with Crippen LogP contribution in [0.3, 0.4) is 0 Å². The van der Waals surface area contributed by atoms with Gasteiger partial charge in [-0.05, 0) is 38.5 Å². The number of aliphatic hydroxyl groups is 1. The fraction of sp³-hybridized carbons (Fsp3) is 0.538. The Morgan fingerprint density at radius 1 is 1.25 bits per heavy atom. The molecule has 1 rings (SSSR count). The van der Waals surface area contributed by atoms with Gasteiger partial charge in [0.05, 0.1) is 12.2 Å². The maximum atomic E-state index is 9.53. The molecule has 0 unspecified atom stereocenters. The number of ether oxygens (including phenoxy) is 1. The molecular weight excluding hydrogens is 202 g/mol. The number of rotatable bonds is 6. The minimum atomic E-state index is -0.661. The summed E-state index contributed by atoms with van der Waals surface area (Å²) in [6.07, 6.45) is 0. The van der Waals surface area contributed by atoms with Crippen molar-refractivity contribution >= 4 is 0 Å². The zero-order valence-corrected chi connectivity index (χ0v) is 10.3. The Kier molecular flexibility index (Phi) is 4.77. The summed E-state index contributed by atoms with van der Waals surface area (Å²) in [6, 6.07) is 7.99. The van der Waals surface area contributed by atoms with E-state index in [0.717, 1.165) is 12.3 Å². The summed E-state index contributed by atoms with van der Waals surface area (Å²) in [7, 11) is 0. The Bertz CT molecular complexity index is 301. The van der Waals surface area contributed by atoms with Gasteiger partial charge in [0.15, 0.2) is 0 Å². The van der Waals surface area contributed by atoms with Crippen LogP contribution in [-0.2, 0) is 6.54 Å². The van der Waals surface area contributed by atoms with Gasteiger partial charge in [-0.15, -0.1) is 0 Å². The van der Waals surface area contributed by atoms with Gasteiger partial charge < -0.3 is 15.2 Å². The zero-order chi connectivity index (χ0) is 12.0. The smallest absolute Gasteiger partial charge is 0.119 e. The van der Waals surface area contributed by atoms with E-state index in [9.17, 15) is 5.11 Å². The van der Waals surface area contributed by atoms with Gasteiger partial charge in [0.25, 0.3) is 0 Å². The van der Waals surface area contributed by atoms with Crippen LogP contribution in [0.4, 0.5) is 0 Å². The summed E-state index contributed by atoms with van der Waals surface area (Å²) >= 11 is 0. The Labute approximate surface area is 97.4 Å². The van der Waals surface area contributed by atoms with E-state index in [1.165, 1.54) is 5.56 Å². The molecule has 0 saturated carbocycles. The van der Waals surface area contributed by atoms with Gasteiger partial charge in [0.2, 0.25) is 0 Å². The highest BCUT2D eigenvalue weighted by Gasteiger charge is 2.10. The third kappa shape index (κ3) is 5.14. The third-order valence-corrected chi connectivity index (χ3v) is 2.12. The summed E-state index contributed by atoms with van der Waals surface area (Å²) in [5.74, 6) is 0.897. The zero-order valence-electron chi connectivity index (χ0n) is 10.3. The first-order valence-corrected chi connectivity index (χ1v) is 5.66. The number of hydrogen-bond donors (Lipinski definition) is 2. The molecule has 0 heterocycles.